The van der Waals surface area contributed by atoms with Gasteiger partial charge in [0.2, 0.25) is 0 Å². The molecule has 0 aromatic carbocycles. The normalized spacial score (nSPS) is 21.7. The van der Waals surface area contributed by atoms with Crippen LogP contribution in [0, 0.1) is 16.7 Å². The molecule has 74 valence electrons. The Morgan fingerprint density at radius 3 is 2.71 bits per heavy atom. The highest BCUT2D eigenvalue weighted by Gasteiger charge is 2.42. The average Bonchev–Trinajstić information content (AvgIpc) is 2.89. The monoisotopic (exact) mass is 191 g/mol. The van der Waals surface area contributed by atoms with Crippen LogP contribution in [0.25, 0.3) is 0 Å². The fourth-order valence-corrected chi connectivity index (χ4v) is 2.17. The fourth-order valence-electron chi connectivity index (χ4n) is 2.17. The Hall–Kier alpha value is -1.27. The summed E-state index contributed by atoms with van der Waals surface area (Å²) in [4.78, 5) is 0. The highest BCUT2D eigenvalue weighted by Crippen LogP contribution is 2.47. The van der Waals surface area contributed by atoms with Crippen LogP contribution in [0.1, 0.15) is 37.5 Å². The first-order chi connectivity index (χ1) is 6.78. The lowest BCUT2D eigenvalue weighted by Crippen LogP contribution is -2.23. The van der Waals surface area contributed by atoms with E-state index >= 15 is 0 Å². The summed E-state index contributed by atoms with van der Waals surface area (Å²) >= 11 is 0. The minimum absolute atomic E-state index is 0.508. The molecule has 1 fully saturated rings. The molecule has 1 aromatic rings. The molecule has 2 rings (SSSR count). The first kappa shape index (κ1) is 9.29. The van der Waals surface area contributed by atoms with Crippen molar-refractivity contribution in [1.29, 1.82) is 5.26 Å². The van der Waals surface area contributed by atoms with Gasteiger partial charge in [-0.15, -0.1) is 0 Å². The summed E-state index contributed by atoms with van der Waals surface area (Å²) in [5, 5.41) is 19.2. The molecule has 3 heteroatoms. The lowest BCUT2D eigenvalue weighted by Gasteiger charge is -2.24. The van der Waals surface area contributed by atoms with Crippen LogP contribution < -0.4 is 0 Å². The van der Waals surface area contributed by atoms with E-state index in [2.05, 4.69) is 6.07 Å². The minimum Gasteiger partial charge on any atom is -0.467 e. The summed E-state index contributed by atoms with van der Waals surface area (Å²) in [6.07, 6.45) is 4.33. The second-order valence-electron chi connectivity index (χ2n) is 3.89. The van der Waals surface area contributed by atoms with E-state index in [-0.39, 0.29) is 0 Å². The maximum Gasteiger partial charge on any atom is 0.133 e. The average molecular weight is 191 g/mol. The maximum absolute atomic E-state index is 10.0. The molecule has 0 radical (unpaired) electrons. The molecule has 1 atom stereocenters. The Morgan fingerprint density at radius 1 is 1.50 bits per heavy atom. The fraction of sp³-hybridized carbons (Fsp3) is 0.545. The number of nitrogens with zero attached hydrogens (tertiary/aromatic N) is 1. The number of rotatable bonds is 2. The van der Waals surface area contributed by atoms with E-state index in [4.69, 9.17) is 9.68 Å². The summed E-state index contributed by atoms with van der Waals surface area (Å²) in [7, 11) is 0. The topological polar surface area (TPSA) is 57.2 Å². The third-order valence-electron chi connectivity index (χ3n) is 3.05. The zero-order chi connectivity index (χ0) is 10.0. The second-order valence-corrected chi connectivity index (χ2v) is 3.89. The van der Waals surface area contributed by atoms with Gasteiger partial charge >= 0.3 is 0 Å². The molecule has 0 bridgehead atoms. The SMILES string of the molecule is N#CC1(C(O)c2ccco2)CCCC1. The van der Waals surface area contributed by atoms with Crippen molar-refractivity contribution < 1.29 is 9.52 Å². The molecule has 0 aliphatic heterocycles. The van der Waals surface area contributed by atoms with Crippen LogP contribution >= 0.6 is 0 Å². The maximum atomic E-state index is 10.0. The van der Waals surface area contributed by atoms with Gasteiger partial charge in [-0.2, -0.15) is 5.26 Å². The Bertz CT molecular complexity index is 331. The van der Waals surface area contributed by atoms with Crippen molar-refractivity contribution in [1.82, 2.24) is 0 Å². The molecule has 1 aliphatic rings. The third-order valence-corrected chi connectivity index (χ3v) is 3.05. The number of nitriles is 1. The van der Waals surface area contributed by atoms with Gasteiger partial charge < -0.3 is 9.52 Å². The van der Waals surface area contributed by atoms with E-state index in [0.717, 1.165) is 25.7 Å². The Kier molecular flexibility index (Phi) is 2.30. The van der Waals surface area contributed by atoms with Crippen molar-refractivity contribution in [2.45, 2.75) is 31.8 Å². The second kappa shape index (κ2) is 3.47. The van der Waals surface area contributed by atoms with Gasteiger partial charge in [-0.1, -0.05) is 12.8 Å². The predicted octanol–water partition coefficient (Wildman–Crippen LogP) is 2.40. The van der Waals surface area contributed by atoms with Crippen LogP contribution in [-0.2, 0) is 0 Å². The van der Waals surface area contributed by atoms with E-state index in [1.165, 1.54) is 6.26 Å². The van der Waals surface area contributed by atoms with Crippen LogP contribution in [0.5, 0.6) is 0 Å². The summed E-state index contributed by atoms with van der Waals surface area (Å²) in [5.41, 5.74) is -0.613. The summed E-state index contributed by atoms with van der Waals surface area (Å²) in [5.74, 6) is 0.508. The molecule has 1 saturated carbocycles. The number of aliphatic hydroxyl groups excluding tert-OH is 1. The molecule has 3 nitrogen and oxygen atoms in total. The van der Waals surface area contributed by atoms with E-state index < -0.39 is 11.5 Å². The molecular formula is C11H13NO2. The van der Waals surface area contributed by atoms with E-state index in [1.54, 1.807) is 12.1 Å². The van der Waals surface area contributed by atoms with E-state index in [9.17, 15) is 5.11 Å². The molecule has 0 spiro atoms. The molecule has 0 saturated heterocycles. The molecule has 1 aliphatic carbocycles. The lowest BCUT2D eigenvalue weighted by molar-refractivity contribution is 0.0477. The van der Waals surface area contributed by atoms with Crippen LogP contribution in [0.15, 0.2) is 22.8 Å². The van der Waals surface area contributed by atoms with Crippen molar-refractivity contribution in [3.8, 4) is 6.07 Å². The van der Waals surface area contributed by atoms with Crippen molar-refractivity contribution in [3.63, 3.8) is 0 Å². The van der Waals surface area contributed by atoms with Crippen molar-refractivity contribution in [3.05, 3.63) is 24.2 Å². The van der Waals surface area contributed by atoms with Gasteiger partial charge in [0.15, 0.2) is 0 Å². The largest absolute Gasteiger partial charge is 0.467 e. The predicted molar refractivity (Wildman–Crippen MR) is 50.2 cm³/mol. The Morgan fingerprint density at radius 2 is 2.21 bits per heavy atom. The molecule has 0 amide bonds. The standard InChI is InChI=1S/C11H13NO2/c12-8-11(5-1-2-6-11)10(13)9-4-3-7-14-9/h3-4,7,10,13H,1-2,5-6H2. The summed E-state index contributed by atoms with van der Waals surface area (Å²) < 4.78 is 5.13. The lowest BCUT2D eigenvalue weighted by atomic mass is 9.81. The van der Waals surface area contributed by atoms with Gasteiger partial charge in [0.05, 0.1) is 17.7 Å². The highest BCUT2D eigenvalue weighted by atomic mass is 16.4. The van der Waals surface area contributed by atoms with E-state index in [1.807, 2.05) is 0 Å². The van der Waals surface area contributed by atoms with Crippen molar-refractivity contribution >= 4 is 0 Å². The first-order valence-electron chi connectivity index (χ1n) is 4.91. The highest BCUT2D eigenvalue weighted by molar-refractivity contribution is 5.15. The minimum atomic E-state index is -0.773. The van der Waals surface area contributed by atoms with Gasteiger partial charge in [0.1, 0.15) is 11.9 Å². The number of hydrogen-bond donors (Lipinski definition) is 1. The molecule has 14 heavy (non-hydrogen) atoms. The zero-order valence-electron chi connectivity index (χ0n) is 7.94. The van der Waals surface area contributed by atoms with Crippen molar-refractivity contribution in [2.24, 2.45) is 5.41 Å². The molecule has 1 heterocycles. The Balaban J connectivity index is 2.25. The van der Waals surface area contributed by atoms with Crippen molar-refractivity contribution in [2.75, 3.05) is 0 Å². The van der Waals surface area contributed by atoms with Crippen LogP contribution in [0.4, 0.5) is 0 Å². The van der Waals surface area contributed by atoms with Gasteiger partial charge in [-0.3, -0.25) is 0 Å². The quantitative estimate of drug-likeness (QED) is 0.780. The first-order valence-corrected chi connectivity index (χ1v) is 4.91. The number of hydrogen-bond acceptors (Lipinski definition) is 3. The van der Waals surface area contributed by atoms with E-state index in [0.29, 0.717) is 5.76 Å². The molecule has 1 unspecified atom stereocenters. The number of aliphatic hydroxyl groups is 1. The van der Waals surface area contributed by atoms with Gasteiger partial charge in [0.25, 0.3) is 0 Å². The zero-order valence-corrected chi connectivity index (χ0v) is 7.94. The molecule has 1 N–H and O–H groups in total. The van der Waals surface area contributed by atoms with Gasteiger partial charge in [-0.05, 0) is 25.0 Å². The van der Waals surface area contributed by atoms with Crippen LogP contribution in [-0.4, -0.2) is 5.11 Å². The third kappa shape index (κ3) is 1.32. The van der Waals surface area contributed by atoms with Crippen LogP contribution in [0.3, 0.4) is 0 Å². The summed E-state index contributed by atoms with van der Waals surface area (Å²) in [6.45, 7) is 0. The summed E-state index contributed by atoms with van der Waals surface area (Å²) in [6, 6.07) is 5.71. The Labute approximate surface area is 83.0 Å². The van der Waals surface area contributed by atoms with Crippen LogP contribution in [0.2, 0.25) is 0 Å². The number of furan rings is 1. The molecule has 1 aromatic heterocycles. The molecular weight excluding hydrogens is 178 g/mol. The smallest absolute Gasteiger partial charge is 0.133 e. The van der Waals surface area contributed by atoms with Gasteiger partial charge in [0, 0.05) is 0 Å². The van der Waals surface area contributed by atoms with Gasteiger partial charge in [-0.25, -0.2) is 0 Å².